The lowest BCUT2D eigenvalue weighted by molar-refractivity contribution is -0.140. The highest BCUT2D eigenvalue weighted by atomic mass is 16.4. The maximum Gasteiger partial charge on any atom is 0.328 e. The Morgan fingerprint density at radius 1 is 1.45 bits per heavy atom. The number of aromatic nitrogens is 3. The molecule has 2 N–H and O–H groups in total. The number of nitrogens with one attached hydrogen (secondary N) is 1. The van der Waals surface area contributed by atoms with Crippen LogP contribution >= 0.6 is 0 Å². The van der Waals surface area contributed by atoms with E-state index in [-0.39, 0.29) is 0 Å². The normalized spacial score (nSPS) is 12.7. The minimum absolute atomic E-state index is 0.671. The Labute approximate surface area is 115 Å². The first-order valence-corrected chi connectivity index (χ1v) is 6.41. The molecule has 1 atom stereocenters. The van der Waals surface area contributed by atoms with E-state index in [0.29, 0.717) is 0 Å². The second-order valence-electron chi connectivity index (χ2n) is 4.97. The Morgan fingerprint density at radius 2 is 2.25 bits per heavy atom. The number of carbonyl (C=O) groups is 1. The number of aromatic amines is 1. The lowest BCUT2D eigenvalue weighted by Crippen LogP contribution is -2.15. The first-order valence-electron chi connectivity index (χ1n) is 6.41. The Morgan fingerprint density at radius 3 is 3.00 bits per heavy atom. The highest BCUT2D eigenvalue weighted by molar-refractivity contribution is 5.95. The monoisotopic (exact) mass is 269 g/mol. The molecule has 5 heteroatoms. The minimum Gasteiger partial charge on any atom is -0.480 e. The number of nitrogens with zero attached hydrogens (tertiary/aromatic N) is 2. The molecule has 0 amide bonds. The van der Waals surface area contributed by atoms with Gasteiger partial charge < -0.3 is 10.1 Å². The van der Waals surface area contributed by atoms with Crippen LogP contribution in [0.2, 0.25) is 0 Å². The van der Waals surface area contributed by atoms with Crippen molar-refractivity contribution in [1.29, 1.82) is 0 Å². The fourth-order valence-electron chi connectivity index (χ4n) is 2.28. The predicted octanol–water partition coefficient (Wildman–Crippen LogP) is 2.99. The zero-order valence-corrected chi connectivity index (χ0v) is 11.3. The van der Waals surface area contributed by atoms with Crippen LogP contribution in [0.3, 0.4) is 0 Å². The second kappa shape index (κ2) is 4.52. The van der Waals surface area contributed by atoms with Gasteiger partial charge in [0.1, 0.15) is 6.04 Å². The van der Waals surface area contributed by atoms with E-state index in [9.17, 15) is 4.79 Å². The first kappa shape index (κ1) is 12.5. The summed E-state index contributed by atoms with van der Waals surface area (Å²) in [6, 6.07) is 5.53. The molecule has 0 fully saturated rings. The Hall–Kier alpha value is -2.56. The van der Waals surface area contributed by atoms with Gasteiger partial charge in [-0.05, 0) is 26.0 Å². The number of fused-ring (bicyclic) bond motifs is 1. The summed E-state index contributed by atoms with van der Waals surface area (Å²) >= 11 is 0. The number of carboxylic acid groups (broad SMARTS) is 1. The van der Waals surface area contributed by atoms with E-state index in [4.69, 9.17) is 5.11 Å². The van der Waals surface area contributed by atoms with Crippen molar-refractivity contribution < 1.29 is 9.90 Å². The summed E-state index contributed by atoms with van der Waals surface area (Å²) in [6.07, 6.45) is 5.39. The minimum atomic E-state index is -0.894. The highest BCUT2D eigenvalue weighted by Gasteiger charge is 2.15. The fraction of sp³-hybridized carbons (Fsp3) is 0.200. The van der Waals surface area contributed by atoms with Gasteiger partial charge in [0.25, 0.3) is 0 Å². The molecule has 0 aliphatic rings. The average Bonchev–Trinajstić information content (AvgIpc) is 3.02. The lowest BCUT2D eigenvalue weighted by atomic mass is 10.1. The van der Waals surface area contributed by atoms with Crippen LogP contribution in [0.25, 0.3) is 22.0 Å². The van der Waals surface area contributed by atoms with Crippen molar-refractivity contribution >= 4 is 16.9 Å². The largest absolute Gasteiger partial charge is 0.480 e. The average molecular weight is 269 g/mol. The maximum absolute atomic E-state index is 11.0. The van der Waals surface area contributed by atoms with Crippen LogP contribution in [0, 0.1) is 6.92 Å². The van der Waals surface area contributed by atoms with Gasteiger partial charge in [0.15, 0.2) is 0 Å². The highest BCUT2D eigenvalue weighted by Crippen LogP contribution is 2.29. The van der Waals surface area contributed by atoms with Crippen LogP contribution < -0.4 is 0 Å². The second-order valence-corrected chi connectivity index (χ2v) is 4.97. The molecular formula is C15H15N3O2. The summed E-state index contributed by atoms with van der Waals surface area (Å²) in [6.45, 7) is 3.66. The summed E-state index contributed by atoms with van der Waals surface area (Å²) in [7, 11) is 0. The van der Waals surface area contributed by atoms with Crippen LogP contribution in [0.5, 0.6) is 0 Å². The molecule has 2 aromatic heterocycles. The Kier molecular flexibility index (Phi) is 2.82. The van der Waals surface area contributed by atoms with Gasteiger partial charge in [-0.25, -0.2) is 4.79 Å². The van der Waals surface area contributed by atoms with Gasteiger partial charge in [-0.3, -0.25) is 4.68 Å². The van der Waals surface area contributed by atoms with Crippen LogP contribution in [0.4, 0.5) is 0 Å². The van der Waals surface area contributed by atoms with Crippen LogP contribution in [0.1, 0.15) is 18.5 Å². The molecule has 1 unspecified atom stereocenters. The van der Waals surface area contributed by atoms with Gasteiger partial charge in [0.2, 0.25) is 0 Å². The third-order valence-corrected chi connectivity index (χ3v) is 3.50. The Bertz CT molecular complexity index is 785. The molecule has 2 heterocycles. The third-order valence-electron chi connectivity index (χ3n) is 3.50. The quantitative estimate of drug-likeness (QED) is 0.767. The van der Waals surface area contributed by atoms with E-state index in [1.165, 1.54) is 10.2 Å². The van der Waals surface area contributed by atoms with Crippen LogP contribution in [-0.4, -0.2) is 25.8 Å². The van der Waals surface area contributed by atoms with Crippen molar-refractivity contribution in [2.24, 2.45) is 0 Å². The van der Waals surface area contributed by atoms with Crippen LogP contribution in [0.15, 0.2) is 36.8 Å². The van der Waals surface area contributed by atoms with Gasteiger partial charge in [-0.2, -0.15) is 5.10 Å². The van der Waals surface area contributed by atoms with Gasteiger partial charge in [0, 0.05) is 34.4 Å². The van der Waals surface area contributed by atoms with E-state index in [1.54, 1.807) is 19.3 Å². The van der Waals surface area contributed by atoms with Crippen molar-refractivity contribution in [2.75, 3.05) is 0 Å². The van der Waals surface area contributed by atoms with E-state index in [1.807, 2.05) is 19.2 Å². The summed E-state index contributed by atoms with van der Waals surface area (Å²) < 4.78 is 1.46. The summed E-state index contributed by atoms with van der Waals surface area (Å²) in [5.74, 6) is -0.894. The van der Waals surface area contributed by atoms with Crippen molar-refractivity contribution in [1.82, 2.24) is 14.8 Å². The molecule has 102 valence electrons. The number of benzene rings is 1. The summed E-state index contributed by atoms with van der Waals surface area (Å²) in [4.78, 5) is 14.2. The molecule has 0 saturated heterocycles. The Balaban J connectivity index is 2.07. The third kappa shape index (κ3) is 1.97. The van der Waals surface area contributed by atoms with Crippen molar-refractivity contribution in [3.05, 3.63) is 42.4 Å². The zero-order valence-electron chi connectivity index (χ0n) is 11.3. The fourth-order valence-corrected chi connectivity index (χ4v) is 2.28. The van der Waals surface area contributed by atoms with Crippen molar-refractivity contribution in [3.8, 4) is 11.1 Å². The van der Waals surface area contributed by atoms with E-state index < -0.39 is 12.0 Å². The molecular weight excluding hydrogens is 254 g/mol. The molecule has 0 spiro atoms. The van der Waals surface area contributed by atoms with Gasteiger partial charge in [-0.1, -0.05) is 11.6 Å². The van der Waals surface area contributed by atoms with E-state index in [2.05, 4.69) is 22.2 Å². The molecule has 3 aromatic rings. The lowest BCUT2D eigenvalue weighted by Gasteiger charge is -2.05. The molecule has 5 nitrogen and oxygen atoms in total. The summed E-state index contributed by atoms with van der Waals surface area (Å²) in [5, 5.41) is 14.3. The van der Waals surface area contributed by atoms with Crippen molar-refractivity contribution in [3.63, 3.8) is 0 Å². The SMILES string of the molecule is Cc1ccc2[nH]cc(-c3cnn(C(C)C(=O)O)c3)c2c1. The molecule has 1 aromatic carbocycles. The maximum atomic E-state index is 11.0. The number of carboxylic acids is 1. The standard InChI is InChI=1S/C15H15N3O2/c1-9-3-4-14-12(5-9)13(7-16-14)11-6-17-18(8-11)10(2)15(19)20/h3-8,10,16H,1-2H3,(H,19,20). The molecule has 0 aliphatic carbocycles. The summed E-state index contributed by atoms with van der Waals surface area (Å²) in [5.41, 5.74) is 4.19. The van der Waals surface area contributed by atoms with Crippen molar-refractivity contribution in [2.45, 2.75) is 19.9 Å². The molecule has 0 radical (unpaired) electrons. The number of aryl methyl sites for hydroxylation is 1. The number of hydrogen-bond acceptors (Lipinski definition) is 2. The predicted molar refractivity (Wildman–Crippen MR) is 76.6 cm³/mol. The number of aliphatic carboxylic acids is 1. The van der Waals surface area contributed by atoms with Gasteiger partial charge >= 0.3 is 5.97 Å². The number of rotatable bonds is 3. The van der Waals surface area contributed by atoms with Gasteiger partial charge in [0.05, 0.1) is 6.20 Å². The molecule has 0 aliphatic heterocycles. The first-order chi connectivity index (χ1) is 9.56. The van der Waals surface area contributed by atoms with E-state index >= 15 is 0 Å². The molecule has 0 bridgehead atoms. The number of H-pyrrole nitrogens is 1. The topological polar surface area (TPSA) is 70.9 Å². The van der Waals surface area contributed by atoms with E-state index in [0.717, 1.165) is 22.0 Å². The number of hydrogen-bond donors (Lipinski definition) is 2. The molecule has 0 saturated carbocycles. The van der Waals surface area contributed by atoms with Gasteiger partial charge in [-0.15, -0.1) is 0 Å². The molecule has 20 heavy (non-hydrogen) atoms. The zero-order chi connectivity index (χ0) is 14.3. The van der Waals surface area contributed by atoms with Crippen LogP contribution in [-0.2, 0) is 4.79 Å². The smallest absolute Gasteiger partial charge is 0.328 e. The molecule has 3 rings (SSSR count).